The number of anilines is 1. The molecule has 0 saturated carbocycles. The Kier molecular flexibility index (Phi) is 6.74. The molecule has 2 N–H and O–H groups in total. The van der Waals surface area contributed by atoms with E-state index in [9.17, 15) is 14.4 Å². The number of likely N-dealkylation sites (N-methyl/N-ethyl adjacent to an activating group) is 1. The van der Waals surface area contributed by atoms with Crippen LogP contribution in [-0.2, 0) is 9.59 Å². The van der Waals surface area contributed by atoms with Crippen molar-refractivity contribution >= 4 is 35.0 Å². The SMILES string of the molecule is Cc1ccc(NC(=O)CN(C)C(=O)CNC(=O)c2ccc(Cl)cc2)cc1. The maximum atomic E-state index is 12.1. The summed E-state index contributed by atoms with van der Waals surface area (Å²) in [5.74, 6) is -1.06. The molecule has 0 radical (unpaired) electrons. The molecule has 2 rings (SSSR count). The first-order chi connectivity index (χ1) is 12.3. The Labute approximate surface area is 157 Å². The summed E-state index contributed by atoms with van der Waals surface area (Å²) in [6, 6.07) is 13.7. The molecule has 26 heavy (non-hydrogen) atoms. The van der Waals surface area contributed by atoms with Gasteiger partial charge in [0.25, 0.3) is 5.91 Å². The predicted octanol–water partition coefficient (Wildman–Crippen LogP) is 2.48. The average molecular weight is 374 g/mol. The number of nitrogens with one attached hydrogen (secondary N) is 2. The maximum absolute atomic E-state index is 12.1. The monoisotopic (exact) mass is 373 g/mol. The highest BCUT2D eigenvalue weighted by atomic mass is 35.5. The Hall–Kier alpha value is -2.86. The fourth-order valence-corrected chi connectivity index (χ4v) is 2.26. The van der Waals surface area contributed by atoms with Crippen molar-refractivity contribution in [2.24, 2.45) is 0 Å². The van der Waals surface area contributed by atoms with Crippen LogP contribution in [0, 0.1) is 6.92 Å². The lowest BCUT2D eigenvalue weighted by Crippen LogP contribution is -2.41. The van der Waals surface area contributed by atoms with E-state index in [0.29, 0.717) is 16.3 Å². The van der Waals surface area contributed by atoms with Gasteiger partial charge < -0.3 is 15.5 Å². The van der Waals surface area contributed by atoms with Crippen molar-refractivity contribution in [3.63, 3.8) is 0 Å². The van der Waals surface area contributed by atoms with Crippen molar-refractivity contribution in [2.75, 3.05) is 25.5 Å². The fraction of sp³-hybridized carbons (Fsp3) is 0.211. The minimum Gasteiger partial charge on any atom is -0.343 e. The van der Waals surface area contributed by atoms with Crippen molar-refractivity contribution in [1.82, 2.24) is 10.2 Å². The van der Waals surface area contributed by atoms with Crippen LogP contribution >= 0.6 is 11.6 Å². The van der Waals surface area contributed by atoms with Gasteiger partial charge in [0, 0.05) is 23.3 Å². The van der Waals surface area contributed by atoms with Crippen LogP contribution in [0.2, 0.25) is 5.02 Å². The molecular weight excluding hydrogens is 354 g/mol. The van der Waals surface area contributed by atoms with Crippen molar-refractivity contribution < 1.29 is 14.4 Å². The van der Waals surface area contributed by atoms with E-state index in [1.54, 1.807) is 36.4 Å². The van der Waals surface area contributed by atoms with Crippen LogP contribution < -0.4 is 10.6 Å². The van der Waals surface area contributed by atoms with Gasteiger partial charge in [0.2, 0.25) is 11.8 Å². The highest BCUT2D eigenvalue weighted by molar-refractivity contribution is 6.30. The number of amides is 3. The Morgan fingerprint density at radius 3 is 2.23 bits per heavy atom. The smallest absolute Gasteiger partial charge is 0.251 e. The lowest BCUT2D eigenvalue weighted by atomic mass is 10.2. The summed E-state index contributed by atoms with van der Waals surface area (Å²) < 4.78 is 0. The molecule has 0 atom stereocenters. The van der Waals surface area contributed by atoms with E-state index in [4.69, 9.17) is 11.6 Å². The summed E-state index contributed by atoms with van der Waals surface area (Å²) >= 11 is 5.77. The summed E-state index contributed by atoms with van der Waals surface area (Å²) in [5, 5.41) is 5.77. The first-order valence-electron chi connectivity index (χ1n) is 7.99. The lowest BCUT2D eigenvalue weighted by Gasteiger charge is -2.17. The normalized spacial score (nSPS) is 10.1. The van der Waals surface area contributed by atoms with E-state index in [1.807, 2.05) is 19.1 Å². The molecule has 0 fully saturated rings. The molecular formula is C19H20ClN3O3. The minimum atomic E-state index is -0.382. The van der Waals surface area contributed by atoms with E-state index in [1.165, 1.54) is 11.9 Å². The second kappa shape index (κ2) is 9.01. The van der Waals surface area contributed by atoms with E-state index in [2.05, 4.69) is 10.6 Å². The fourth-order valence-electron chi connectivity index (χ4n) is 2.14. The lowest BCUT2D eigenvalue weighted by molar-refractivity contribution is -0.132. The zero-order chi connectivity index (χ0) is 19.1. The third-order valence-corrected chi connectivity index (χ3v) is 3.90. The third-order valence-electron chi connectivity index (χ3n) is 3.65. The summed E-state index contributed by atoms with van der Waals surface area (Å²) in [5.41, 5.74) is 2.16. The van der Waals surface area contributed by atoms with Crippen molar-refractivity contribution in [1.29, 1.82) is 0 Å². The summed E-state index contributed by atoms with van der Waals surface area (Å²) in [7, 11) is 1.51. The van der Waals surface area contributed by atoms with Gasteiger partial charge in [-0.1, -0.05) is 29.3 Å². The second-order valence-electron chi connectivity index (χ2n) is 5.85. The standard InChI is InChI=1S/C19H20ClN3O3/c1-13-3-9-16(10-4-13)22-17(24)12-23(2)18(25)11-21-19(26)14-5-7-15(20)8-6-14/h3-10H,11-12H2,1-2H3,(H,21,26)(H,22,24). The molecule has 7 heteroatoms. The van der Waals surface area contributed by atoms with Crippen molar-refractivity contribution in [3.05, 3.63) is 64.7 Å². The van der Waals surface area contributed by atoms with Crippen LogP contribution in [0.25, 0.3) is 0 Å². The Morgan fingerprint density at radius 1 is 1.00 bits per heavy atom. The number of halogens is 1. The van der Waals surface area contributed by atoms with Gasteiger partial charge >= 0.3 is 0 Å². The molecule has 2 aromatic carbocycles. The van der Waals surface area contributed by atoms with Gasteiger partial charge in [-0.05, 0) is 43.3 Å². The average Bonchev–Trinajstić information content (AvgIpc) is 2.61. The second-order valence-corrected chi connectivity index (χ2v) is 6.29. The van der Waals surface area contributed by atoms with Crippen LogP contribution in [-0.4, -0.2) is 42.8 Å². The highest BCUT2D eigenvalue weighted by Crippen LogP contribution is 2.09. The quantitative estimate of drug-likeness (QED) is 0.816. The maximum Gasteiger partial charge on any atom is 0.251 e. The number of aryl methyl sites for hydroxylation is 1. The van der Waals surface area contributed by atoms with E-state index in [0.717, 1.165) is 5.56 Å². The van der Waals surface area contributed by atoms with Gasteiger partial charge in [-0.3, -0.25) is 14.4 Å². The van der Waals surface area contributed by atoms with Gasteiger partial charge in [-0.2, -0.15) is 0 Å². The molecule has 6 nitrogen and oxygen atoms in total. The van der Waals surface area contributed by atoms with Crippen LogP contribution in [0.15, 0.2) is 48.5 Å². The Balaban J connectivity index is 1.79. The van der Waals surface area contributed by atoms with E-state index in [-0.39, 0.29) is 30.8 Å². The Morgan fingerprint density at radius 2 is 1.62 bits per heavy atom. The number of hydrogen-bond donors (Lipinski definition) is 2. The molecule has 136 valence electrons. The van der Waals surface area contributed by atoms with Gasteiger partial charge in [-0.25, -0.2) is 0 Å². The molecule has 0 heterocycles. The molecule has 0 aliphatic heterocycles. The topological polar surface area (TPSA) is 78.5 Å². The molecule has 0 bridgehead atoms. The van der Waals surface area contributed by atoms with Crippen LogP contribution in [0.4, 0.5) is 5.69 Å². The summed E-state index contributed by atoms with van der Waals surface area (Å²) in [6.07, 6.45) is 0. The molecule has 3 amide bonds. The van der Waals surface area contributed by atoms with Gasteiger partial charge in [-0.15, -0.1) is 0 Å². The van der Waals surface area contributed by atoms with Gasteiger partial charge in [0.15, 0.2) is 0 Å². The first kappa shape index (κ1) is 19.5. The number of nitrogens with zero attached hydrogens (tertiary/aromatic N) is 1. The predicted molar refractivity (Wildman–Crippen MR) is 101 cm³/mol. The van der Waals surface area contributed by atoms with Crippen LogP contribution in [0.1, 0.15) is 15.9 Å². The third kappa shape index (κ3) is 5.89. The molecule has 0 unspecified atom stereocenters. The molecule has 0 saturated heterocycles. The van der Waals surface area contributed by atoms with Crippen LogP contribution in [0.5, 0.6) is 0 Å². The summed E-state index contributed by atoms with van der Waals surface area (Å²) in [6.45, 7) is 1.65. The largest absolute Gasteiger partial charge is 0.343 e. The molecule has 0 aliphatic carbocycles. The number of benzene rings is 2. The number of carbonyl (C=O) groups is 3. The Bertz CT molecular complexity index is 789. The highest BCUT2D eigenvalue weighted by Gasteiger charge is 2.14. The molecule has 0 aromatic heterocycles. The van der Waals surface area contributed by atoms with Crippen LogP contribution in [0.3, 0.4) is 0 Å². The van der Waals surface area contributed by atoms with Crippen molar-refractivity contribution in [2.45, 2.75) is 6.92 Å². The zero-order valence-corrected chi connectivity index (χ0v) is 15.3. The number of hydrogen-bond acceptors (Lipinski definition) is 3. The zero-order valence-electron chi connectivity index (χ0n) is 14.6. The van der Waals surface area contributed by atoms with E-state index >= 15 is 0 Å². The van der Waals surface area contributed by atoms with Gasteiger partial charge in [0.05, 0.1) is 13.1 Å². The van der Waals surface area contributed by atoms with Crippen molar-refractivity contribution in [3.8, 4) is 0 Å². The summed E-state index contributed by atoms with van der Waals surface area (Å²) in [4.78, 5) is 37.3. The minimum absolute atomic E-state index is 0.108. The molecule has 0 aliphatic rings. The first-order valence-corrected chi connectivity index (χ1v) is 8.37. The van der Waals surface area contributed by atoms with E-state index < -0.39 is 0 Å². The molecule has 0 spiro atoms. The number of carbonyl (C=O) groups excluding carboxylic acids is 3. The van der Waals surface area contributed by atoms with Gasteiger partial charge in [0.1, 0.15) is 0 Å². The number of rotatable bonds is 6. The molecule has 2 aromatic rings.